The Kier molecular flexibility index (Phi) is 6.76. The van der Waals surface area contributed by atoms with Crippen molar-refractivity contribution in [1.82, 2.24) is 0 Å². The second-order valence-corrected chi connectivity index (χ2v) is 6.56. The lowest BCUT2D eigenvalue weighted by atomic mass is 9.90. The van der Waals surface area contributed by atoms with E-state index in [4.69, 9.17) is 9.47 Å². The molecule has 0 aliphatic heterocycles. The molecule has 0 spiro atoms. The molecule has 2 rings (SSSR count). The number of esters is 1. The number of carbonyl (C=O) groups excluding carboxylic acids is 3. The Balaban J connectivity index is 2.04. The number of amides is 2. The molecule has 2 aromatic carbocycles. The second-order valence-electron chi connectivity index (χ2n) is 6.56. The highest BCUT2D eigenvalue weighted by atomic mass is 16.5. The molecule has 0 aliphatic carbocycles. The monoisotopic (exact) mass is 384 g/mol. The Labute approximate surface area is 164 Å². The largest absolute Gasteiger partial charge is 0.497 e. The molecule has 0 heterocycles. The fourth-order valence-electron chi connectivity index (χ4n) is 2.28. The SMILES string of the molecule is CCOC(=O)c1ccc(NC(=O)C(C)(C)C(=O)Nc2cccc(OC)c2)cc1. The number of methoxy groups -OCH3 is 1. The van der Waals surface area contributed by atoms with Gasteiger partial charge >= 0.3 is 5.97 Å². The van der Waals surface area contributed by atoms with Crippen LogP contribution < -0.4 is 15.4 Å². The summed E-state index contributed by atoms with van der Waals surface area (Å²) in [5.74, 6) is -0.765. The van der Waals surface area contributed by atoms with E-state index in [2.05, 4.69) is 10.6 Å². The molecule has 0 bridgehead atoms. The van der Waals surface area contributed by atoms with Crippen molar-refractivity contribution in [3.63, 3.8) is 0 Å². The van der Waals surface area contributed by atoms with Crippen LogP contribution in [0.4, 0.5) is 11.4 Å². The third kappa shape index (κ3) is 5.09. The summed E-state index contributed by atoms with van der Waals surface area (Å²) in [6, 6.07) is 13.1. The molecule has 0 aliphatic rings. The Morgan fingerprint density at radius 3 is 2.11 bits per heavy atom. The zero-order valence-electron chi connectivity index (χ0n) is 16.4. The van der Waals surface area contributed by atoms with Crippen LogP contribution in [0.25, 0.3) is 0 Å². The Morgan fingerprint density at radius 1 is 0.929 bits per heavy atom. The first-order valence-corrected chi connectivity index (χ1v) is 8.82. The van der Waals surface area contributed by atoms with Crippen LogP contribution in [0.3, 0.4) is 0 Å². The van der Waals surface area contributed by atoms with Crippen LogP contribution in [0, 0.1) is 5.41 Å². The van der Waals surface area contributed by atoms with Crippen LogP contribution in [0.5, 0.6) is 5.75 Å². The molecular formula is C21H24N2O5. The van der Waals surface area contributed by atoms with Crippen molar-refractivity contribution in [3.05, 3.63) is 54.1 Å². The fourth-order valence-corrected chi connectivity index (χ4v) is 2.28. The van der Waals surface area contributed by atoms with Crippen molar-refractivity contribution in [2.45, 2.75) is 20.8 Å². The summed E-state index contributed by atoms with van der Waals surface area (Å²) in [7, 11) is 1.53. The van der Waals surface area contributed by atoms with Crippen molar-refractivity contribution >= 4 is 29.2 Å². The highest BCUT2D eigenvalue weighted by Gasteiger charge is 2.36. The van der Waals surface area contributed by atoms with E-state index >= 15 is 0 Å². The maximum absolute atomic E-state index is 12.6. The molecule has 0 saturated heterocycles. The molecule has 0 radical (unpaired) electrons. The van der Waals surface area contributed by atoms with E-state index in [1.54, 1.807) is 55.5 Å². The number of hydrogen-bond acceptors (Lipinski definition) is 5. The maximum atomic E-state index is 12.6. The number of hydrogen-bond donors (Lipinski definition) is 2. The van der Waals surface area contributed by atoms with Gasteiger partial charge in [-0.1, -0.05) is 6.07 Å². The van der Waals surface area contributed by atoms with Crippen LogP contribution in [-0.2, 0) is 14.3 Å². The zero-order valence-corrected chi connectivity index (χ0v) is 16.4. The third-order valence-corrected chi connectivity index (χ3v) is 4.12. The number of carbonyl (C=O) groups is 3. The van der Waals surface area contributed by atoms with Crippen LogP contribution in [0.1, 0.15) is 31.1 Å². The number of ether oxygens (including phenoxy) is 2. The molecular weight excluding hydrogens is 360 g/mol. The summed E-state index contributed by atoms with van der Waals surface area (Å²) >= 11 is 0. The quantitative estimate of drug-likeness (QED) is 0.563. The number of rotatable bonds is 7. The molecule has 7 nitrogen and oxygen atoms in total. The maximum Gasteiger partial charge on any atom is 0.338 e. The first-order valence-electron chi connectivity index (χ1n) is 8.82. The van der Waals surface area contributed by atoms with Gasteiger partial charge in [0.2, 0.25) is 11.8 Å². The van der Waals surface area contributed by atoms with Gasteiger partial charge in [0.25, 0.3) is 0 Å². The molecule has 0 fully saturated rings. The van der Waals surface area contributed by atoms with Gasteiger partial charge in [0.15, 0.2) is 0 Å². The summed E-state index contributed by atoms with van der Waals surface area (Å²) in [6.07, 6.45) is 0. The van der Waals surface area contributed by atoms with Gasteiger partial charge in [0.1, 0.15) is 11.2 Å². The summed E-state index contributed by atoms with van der Waals surface area (Å²) < 4.78 is 10.0. The summed E-state index contributed by atoms with van der Waals surface area (Å²) in [4.78, 5) is 36.9. The molecule has 7 heteroatoms. The fraction of sp³-hybridized carbons (Fsp3) is 0.286. The predicted octanol–water partition coefficient (Wildman–Crippen LogP) is 3.48. The molecule has 2 aromatic rings. The standard InChI is InChI=1S/C21H24N2O5/c1-5-28-18(24)14-9-11-15(12-10-14)22-19(25)21(2,3)20(26)23-16-7-6-8-17(13-16)27-4/h6-13H,5H2,1-4H3,(H,22,25)(H,23,26). The van der Waals surface area contributed by atoms with Crippen molar-refractivity contribution in [2.24, 2.45) is 5.41 Å². The normalized spacial score (nSPS) is 10.7. The minimum Gasteiger partial charge on any atom is -0.497 e. The highest BCUT2D eigenvalue weighted by molar-refractivity contribution is 6.14. The molecule has 2 N–H and O–H groups in total. The van der Waals surface area contributed by atoms with Gasteiger partial charge in [-0.15, -0.1) is 0 Å². The van der Waals surface area contributed by atoms with Crippen LogP contribution >= 0.6 is 0 Å². The number of nitrogens with one attached hydrogen (secondary N) is 2. The molecule has 0 atom stereocenters. The average Bonchev–Trinajstić information content (AvgIpc) is 2.68. The summed E-state index contributed by atoms with van der Waals surface area (Å²) in [5, 5.41) is 5.41. The van der Waals surface area contributed by atoms with Gasteiger partial charge in [-0.2, -0.15) is 0 Å². The molecule has 28 heavy (non-hydrogen) atoms. The van der Waals surface area contributed by atoms with Crippen LogP contribution in [0.15, 0.2) is 48.5 Å². The van der Waals surface area contributed by atoms with Crippen molar-refractivity contribution in [2.75, 3.05) is 24.4 Å². The van der Waals surface area contributed by atoms with E-state index in [9.17, 15) is 14.4 Å². The topological polar surface area (TPSA) is 93.7 Å². The molecule has 148 valence electrons. The minimum atomic E-state index is -1.33. The van der Waals surface area contributed by atoms with E-state index in [0.29, 0.717) is 22.7 Å². The average molecular weight is 384 g/mol. The van der Waals surface area contributed by atoms with E-state index < -0.39 is 23.2 Å². The van der Waals surface area contributed by atoms with Gasteiger partial charge in [0.05, 0.1) is 19.3 Å². The number of anilines is 2. The van der Waals surface area contributed by atoms with Crippen LogP contribution in [-0.4, -0.2) is 31.5 Å². The Hall–Kier alpha value is -3.35. The van der Waals surface area contributed by atoms with E-state index in [0.717, 1.165) is 0 Å². The predicted molar refractivity (Wildman–Crippen MR) is 106 cm³/mol. The van der Waals surface area contributed by atoms with Crippen molar-refractivity contribution in [1.29, 1.82) is 0 Å². The summed E-state index contributed by atoms with van der Waals surface area (Å²) in [6.45, 7) is 5.08. The van der Waals surface area contributed by atoms with Gasteiger partial charge in [-0.3, -0.25) is 9.59 Å². The lowest BCUT2D eigenvalue weighted by Crippen LogP contribution is -2.41. The van der Waals surface area contributed by atoms with E-state index in [-0.39, 0.29) is 6.61 Å². The second kappa shape index (κ2) is 9.03. The molecule has 0 saturated carbocycles. The first kappa shape index (κ1) is 21.0. The number of benzene rings is 2. The Bertz CT molecular complexity index is 859. The van der Waals surface area contributed by atoms with E-state index in [1.165, 1.54) is 21.0 Å². The Morgan fingerprint density at radius 2 is 1.54 bits per heavy atom. The van der Waals surface area contributed by atoms with Gasteiger partial charge in [-0.05, 0) is 57.2 Å². The van der Waals surface area contributed by atoms with Crippen LogP contribution in [0.2, 0.25) is 0 Å². The molecule has 2 amide bonds. The lowest BCUT2D eigenvalue weighted by Gasteiger charge is -2.23. The van der Waals surface area contributed by atoms with Crippen molar-refractivity contribution < 1.29 is 23.9 Å². The highest BCUT2D eigenvalue weighted by Crippen LogP contribution is 2.23. The third-order valence-electron chi connectivity index (χ3n) is 4.12. The minimum absolute atomic E-state index is 0.286. The van der Waals surface area contributed by atoms with Gasteiger partial charge in [-0.25, -0.2) is 4.79 Å². The van der Waals surface area contributed by atoms with E-state index in [1.807, 2.05) is 0 Å². The zero-order chi connectivity index (χ0) is 20.7. The van der Waals surface area contributed by atoms with Gasteiger partial charge < -0.3 is 20.1 Å². The lowest BCUT2D eigenvalue weighted by molar-refractivity contribution is -0.135. The van der Waals surface area contributed by atoms with Gasteiger partial charge in [0, 0.05) is 17.4 Å². The molecule has 0 aromatic heterocycles. The molecule has 0 unspecified atom stereocenters. The first-order chi connectivity index (χ1) is 13.3. The smallest absolute Gasteiger partial charge is 0.338 e. The van der Waals surface area contributed by atoms with Crippen molar-refractivity contribution in [3.8, 4) is 5.75 Å². The summed E-state index contributed by atoms with van der Waals surface area (Å²) in [5.41, 5.74) is 0.0577.